The molecule has 0 aliphatic carbocycles. The molecule has 128 valence electrons. The van der Waals surface area contributed by atoms with Crippen molar-refractivity contribution in [1.82, 2.24) is 4.98 Å². The van der Waals surface area contributed by atoms with E-state index >= 15 is 0 Å². The fourth-order valence-corrected chi connectivity index (χ4v) is 3.98. The Morgan fingerprint density at radius 1 is 0.556 bits per heavy atom. The van der Waals surface area contributed by atoms with Crippen molar-refractivity contribution >= 4 is 21.5 Å². The minimum atomic E-state index is 1.04. The van der Waals surface area contributed by atoms with Crippen LogP contribution in [0.4, 0.5) is 0 Å². The van der Waals surface area contributed by atoms with Gasteiger partial charge in [0.25, 0.3) is 0 Å². The number of aryl methyl sites for hydroxylation is 1. The lowest BCUT2D eigenvalue weighted by atomic mass is 9.90. The average molecular weight is 345 g/mol. The fraction of sp³-hybridized carbons (Fsp3) is 0.0385. The zero-order valence-electron chi connectivity index (χ0n) is 15.2. The van der Waals surface area contributed by atoms with Crippen molar-refractivity contribution in [3.8, 4) is 22.4 Å². The van der Waals surface area contributed by atoms with Crippen LogP contribution in [-0.2, 0) is 0 Å². The predicted octanol–water partition coefficient (Wildman–Crippen LogP) is 7.03. The van der Waals surface area contributed by atoms with Gasteiger partial charge in [0.05, 0.1) is 5.69 Å². The highest BCUT2D eigenvalue weighted by Gasteiger charge is 2.15. The molecule has 0 fully saturated rings. The molecule has 0 spiro atoms. The molecule has 0 aliphatic heterocycles. The topological polar surface area (TPSA) is 12.9 Å². The SMILES string of the molecule is Cc1ccc2ccccc2c1-c1ncccc1-c1cccc2ccccc12. The molecule has 5 rings (SSSR count). The first-order chi connectivity index (χ1) is 13.3. The molecule has 0 aliphatic rings. The summed E-state index contributed by atoms with van der Waals surface area (Å²) in [5.74, 6) is 0. The second-order valence-electron chi connectivity index (χ2n) is 6.90. The Labute approximate surface area is 158 Å². The third kappa shape index (κ3) is 2.60. The van der Waals surface area contributed by atoms with Crippen LogP contribution < -0.4 is 0 Å². The number of fused-ring (bicyclic) bond motifs is 2. The molecule has 0 atom stereocenters. The maximum Gasteiger partial charge on any atom is 0.0789 e. The second kappa shape index (κ2) is 6.37. The summed E-state index contributed by atoms with van der Waals surface area (Å²) in [6, 6.07) is 32.2. The van der Waals surface area contributed by atoms with Gasteiger partial charge in [-0.3, -0.25) is 4.98 Å². The number of nitrogens with zero attached hydrogens (tertiary/aromatic N) is 1. The van der Waals surface area contributed by atoms with Crippen LogP contribution in [0.1, 0.15) is 5.56 Å². The van der Waals surface area contributed by atoms with Crippen molar-refractivity contribution in [3.05, 3.63) is 103 Å². The molecule has 27 heavy (non-hydrogen) atoms. The van der Waals surface area contributed by atoms with Gasteiger partial charge in [0.2, 0.25) is 0 Å². The maximum absolute atomic E-state index is 4.84. The van der Waals surface area contributed by atoms with E-state index in [1.54, 1.807) is 0 Å². The summed E-state index contributed by atoms with van der Waals surface area (Å²) < 4.78 is 0. The lowest BCUT2D eigenvalue weighted by Crippen LogP contribution is -1.93. The van der Waals surface area contributed by atoms with Crippen LogP contribution in [0.15, 0.2) is 97.2 Å². The molecule has 1 heterocycles. The monoisotopic (exact) mass is 345 g/mol. The van der Waals surface area contributed by atoms with E-state index in [1.165, 1.54) is 43.8 Å². The highest BCUT2D eigenvalue weighted by Crippen LogP contribution is 2.39. The van der Waals surface area contributed by atoms with Crippen molar-refractivity contribution in [2.75, 3.05) is 0 Å². The van der Waals surface area contributed by atoms with Crippen LogP contribution in [-0.4, -0.2) is 4.98 Å². The van der Waals surface area contributed by atoms with Crippen LogP contribution >= 0.6 is 0 Å². The second-order valence-corrected chi connectivity index (χ2v) is 6.90. The Bertz CT molecular complexity index is 1280. The minimum Gasteiger partial charge on any atom is -0.256 e. The smallest absolute Gasteiger partial charge is 0.0789 e. The van der Waals surface area contributed by atoms with Gasteiger partial charge in [-0.05, 0) is 45.7 Å². The maximum atomic E-state index is 4.84. The predicted molar refractivity (Wildman–Crippen MR) is 115 cm³/mol. The van der Waals surface area contributed by atoms with Crippen molar-refractivity contribution < 1.29 is 0 Å². The molecule has 0 amide bonds. The van der Waals surface area contributed by atoms with Gasteiger partial charge >= 0.3 is 0 Å². The molecular formula is C26H19N. The average Bonchev–Trinajstić information content (AvgIpc) is 2.73. The van der Waals surface area contributed by atoms with Crippen LogP contribution in [0.3, 0.4) is 0 Å². The molecule has 0 N–H and O–H groups in total. The van der Waals surface area contributed by atoms with Gasteiger partial charge in [0.1, 0.15) is 0 Å². The Kier molecular flexibility index (Phi) is 3.72. The van der Waals surface area contributed by atoms with Gasteiger partial charge in [-0.15, -0.1) is 0 Å². The molecule has 0 saturated heterocycles. The van der Waals surface area contributed by atoms with Gasteiger partial charge in [0, 0.05) is 17.3 Å². The summed E-state index contributed by atoms with van der Waals surface area (Å²) in [6.45, 7) is 2.17. The lowest BCUT2D eigenvalue weighted by Gasteiger charge is -2.15. The normalized spacial score (nSPS) is 11.1. The zero-order chi connectivity index (χ0) is 18.2. The van der Waals surface area contributed by atoms with Crippen molar-refractivity contribution in [3.63, 3.8) is 0 Å². The Hall–Kier alpha value is -3.45. The Morgan fingerprint density at radius 3 is 2.07 bits per heavy atom. The highest BCUT2D eigenvalue weighted by atomic mass is 14.7. The summed E-state index contributed by atoms with van der Waals surface area (Å²) in [5.41, 5.74) is 5.91. The first-order valence-electron chi connectivity index (χ1n) is 9.25. The lowest BCUT2D eigenvalue weighted by molar-refractivity contribution is 1.32. The Balaban J connectivity index is 1.87. The van der Waals surface area contributed by atoms with Crippen molar-refractivity contribution in [2.45, 2.75) is 6.92 Å². The third-order valence-corrected chi connectivity index (χ3v) is 5.26. The van der Waals surface area contributed by atoms with Crippen LogP contribution in [0.5, 0.6) is 0 Å². The van der Waals surface area contributed by atoms with Gasteiger partial charge < -0.3 is 0 Å². The van der Waals surface area contributed by atoms with Gasteiger partial charge in [-0.2, -0.15) is 0 Å². The zero-order valence-corrected chi connectivity index (χ0v) is 15.2. The van der Waals surface area contributed by atoms with Crippen LogP contribution in [0.2, 0.25) is 0 Å². The number of hydrogen-bond donors (Lipinski definition) is 0. The van der Waals surface area contributed by atoms with E-state index in [9.17, 15) is 0 Å². The van der Waals surface area contributed by atoms with E-state index in [2.05, 4.69) is 91.9 Å². The van der Waals surface area contributed by atoms with Crippen LogP contribution in [0.25, 0.3) is 43.9 Å². The standard InChI is InChI=1S/C26H19N/c1-18-15-16-20-9-3-5-12-22(20)25(18)26-24(14-7-17-27-26)23-13-6-10-19-8-2-4-11-21(19)23/h2-17H,1H3. The molecule has 1 aromatic heterocycles. The number of rotatable bonds is 2. The molecular weight excluding hydrogens is 326 g/mol. The van der Waals surface area contributed by atoms with E-state index in [0.717, 1.165) is 5.69 Å². The van der Waals surface area contributed by atoms with Gasteiger partial charge in [-0.1, -0.05) is 84.9 Å². The number of benzene rings is 4. The third-order valence-electron chi connectivity index (χ3n) is 5.26. The fourth-order valence-electron chi connectivity index (χ4n) is 3.98. The minimum absolute atomic E-state index is 1.04. The number of hydrogen-bond acceptors (Lipinski definition) is 1. The van der Waals surface area contributed by atoms with Gasteiger partial charge in [0.15, 0.2) is 0 Å². The highest BCUT2D eigenvalue weighted by molar-refractivity contribution is 6.04. The summed E-state index contributed by atoms with van der Waals surface area (Å²) in [7, 11) is 0. The molecule has 5 aromatic rings. The molecule has 0 bridgehead atoms. The molecule has 1 nitrogen and oxygen atoms in total. The summed E-state index contributed by atoms with van der Waals surface area (Å²) in [4.78, 5) is 4.84. The molecule has 0 radical (unpaired) electrons. The summed E-state index contributed by atoms with van der Waals surface area (Å²) >= 11 is 0. The van der Waals surface area contributed by atoms with Crippen LogP contribution in [0, 0.1) is 6.92 Å². The van der Waals surface area contributed by atoms with E-state index in [1.807, 2.05) is 12.3 Å². The van der Waals surface area contributed by atoms with E-state index in [-0.39, 0.29) is 0 Å². The summed E-state index contributed by atoms with van der Waals surface area (Å²) in [5, 5.41) is 5.00. The van der Waals surface area contributed by atoms with Crippen molar-refractivity contribution in [1.29, 1.82) is 0 Å². The van der Waals surface area contributed by atoms with E-state index < -0.39 is 0 Å². The van der Waals surface area contributed by atoms with E-state index in [0.29, 0.717) is 0 Å². The molecule has 0 unspecified atom stereocenters. The number of pyridine rings is 1. The van der Waals surface area contributed by atoms with E-state index in [4.69, 9.17) is 4.98 Å². The molecule has 4 aromatic carbocycles. The molecule has 1 heteroatoms. The van der Waals surface area contributed by atoms with Gasteiger partial charge in [-0.25, -0.2) is 0 Å². The number of aromatic nitrogens is 1. The van der Waals surface area contributed by atoms with Crippen molar-refractivity contribution in [2.24, 2.45) is 0 Å². The first kappa shape index (κ1) is 15.8. The summed E-state index contributed by atoms with van der Waals surface area (Å²) in [6.07, 6.45) is 1.89. The Morgan fingerprint density at radius 2 is 1.22 bits per heavy atom. The largest absolute Gasteiger partial charge is 0.256 e. The quantitative estimate of drug-likeness (QED) is 0.335. The molecule has 0 saturated carbocycles. The first-order valence-corrected chi connectivity index (χ1v) is 9.25.